The summed E-state index contributed by atoms with van der Waals surface area (Å²) in [6, 6.07) is 0. The topological polar surface area (TPSA) is 46.6 Å². The molecule has 5 heteroatoms. The minimum atomic E-state index is -0.284. The van der Waals surface area contributed by atoms with Crippen LogP contribution in [0.15, 0.2) is 11.0 Å². The number of β-lactam (4-membered cyclic amide) rings is 1. The minimum absolute atomic E-state index is 0.191. The van der Waals surface area contributed by atoms with E-state index in [-0.39, 0.29) is 11.9 Å². The van der Waals surface area contributed by atoms with Gasteiger partial charge >= 0.3 is 5.97 Å². The third-order valence-corrected chi connectivity index (χ3v) is 3.45. The van der Waals surface area contributed by atoms with Crippen molar-refractivity contribution in [3.8, 4) is 0 Å². The minimum Gasteiger partial charge on any atom is -0.461 e. The fourth-order valence-electron chi connectivity index (χ4n) is 1.44. The van der Waals surface area contributed by atoms with E-state index in [1.54, 1.807) is 11.8 Å². The fourth-order valence-corrected chi connectivity index (χ4v) is 2.51. The highest BCUT2D eigenvalue weighted by Crippen LogP contribution is 2.35. The second-order valence-electron chi connectivity index (χ2n) is 3.37. The van der Waals surface area contributed by atoms with Crippen LogP contribution in [0.4, 0.5) is 0 Å². The molecule has 0 spiro atoms. The second-order valence-corrected chi connectivity index (χ2v) is 4.42. The Morgan fingerprint density at radius 3 is 3.21 bits per heavy atom. The van der Waals surface area contributed by atoms with Crippen LogP contribution in [0.1, 0.15) is 13.3 Å². The first-order valence-corrected chi connectivity index (χ1v) is 5.37. The van der Waals surface area contributed by atoms with Gasteiger partial charge in [0.25, 0.3) is 0 Å². The molecule has 1 saturated heterocycles. The van der Waals surface area contributed by atoms with E-state index in [2.05, 4.69) is 0 Å². The molecule has 4 nitrogen and oxygen atoms in total. The van der Waals surface area contributed by atoms with E-state index in [9.17, 15) is 9.59 Å². The summed E-state index contributed by atoms with van der Waals surface area (Å²) in [5.74, 6) is -0.0936. The van der Waals surface area contributed by atoms with Gasteiger partial charge in [-0.2, -0.15) is 0 Å². The van der Waals surface area contributed by atoms with E-state index in [1.165, 1.54) is 6.92 Å². The van der Waals surface area contributed by atoms with E-state index in [0.29, 0.717) is 24.9 Å². The smallest absolute Gasteiger partial charge is 0.302 e. The number of carbonyl (C=O) groups excluding carboxylic acids is 2. The molecule has 0 aromatic heterocycles. The summed E-state index contributed by atoms with van der Waals surface area (Å²) in [6.45, 7) is 2.30. The Kier molecular flexibility index (Phi) is 2.50. The van der Waals surface area contributed by atoms with Crippen LogP contribution in [0, 0.1) is 0 Å². The Morgan fingerprint density at radius 2 is 2.57 bits per heavy atom. The molecule has 76 valence electrons. The quantitative estimate of drug-likeness (QED) is 0.501. The molecule has 1 atom stereocenters. The molecule has 2 aliphatic heterocycles. The van der Waals surface area contributed by atoms with Gasteiger partial charge in [-0.05, 0) is 11.0 Å². The maximum Gasteiger partial charge on any atom is 0.302 e. The Bertz CT molecular complexity index is 313. The van der Waals surface area contributed by atoms with Crippen LogP contribution in [0.3, 0.4) is 0 Å². The summed E-state index contributed by atoms with van der Waals surface area (Å²) in [5, 5.41) is 2.32. The van der Waals surface area contributed by atoms with Crippen LogP contribution in [-0.2, 0) is 14.3 Å². The summed E-state index contributed by atoms with van der Waals surface area (Å²) in [4.78, 5) is 23.5. The van der Waals surface area contributed by atoms with Crippen molar-refractivity contribution < 1.29 is 14.3 Å². The van der Waals surface area contributed by atoms with E-state index in [1.807, 2.05) is 10.3 Å². The van der Waals surface area contributed by atoms with Gasteiger partial charge in [-0.15, -0.1) is 11.8 Å². The van der Waals surface area contributed by atoms with Gasteiger partial charge in [0.2, 0.25) is 5.91 Å². The highest BCUT2D eigenvalue weighted by atomic mass is 32.2. The number of ether oxygens (including phenoxy) is 1. The molecule has 0 aromatic carbocycles. The fraction of sp³-hybridized carbons (Fsp3) is 0.556. The zero-order valence-electron chi connectivity index (χ0n) is 7.86. The lowest BCUT2D eigenvalue weighted by Crippen LogP contribution is -2.52. The van der Waals surface area contributed by atoms with Gasteiger partial charge in [0.1, 0.15) is 6.61 Å². The Balaban J connectivity index is 1.88. The van der Waals surface area contributed by atoms with Crippen molar-refractivity contribution in [2.45, 2.75) is 18.7 Å². The largest absolute Gasteiger partial charge is 0.461 e. The lowest BCUT2D eigenvalue weighted by molar-refractivity contribution is -0.141. The third kappa shape index (κ3) is 1.77. The molecule has 1 fully saturated rings. The van der Waals surface area contributed by atoms with Crippen LogP contribution >= 0.6 is 11.8 Å². The number of hydrogen-bond donors (Lipinski definition) is 0. The molecule has 0 radical (unpaired) electrons. The van der Waals surface area contributed by atoms with Crippen molar-refractivity contribution in [3.05, 3.63) is 11.0 Å². The van der Waals surface area contributed by atoms with Gasteiger partial charge in [-0.1, -0.05) is 0 Å². The first-order valence-electron chi connectivity index (χ1n) is 4.43. The zero-order chi connectivity index (χ0) is 10.1. The number of nitrogens with zero attached hydrogens (tertiary/aromatic N) is 1. The molecule has 0 unspecified atom stereocenters. The number of rotatable bonds is 2. The number of fused-ring (bicyclic) bond motifs is 1. The van der Waals surface area contributed by atoms with E-state index in [0.717, 1.165) is 5.57 Å². The summed E-state index contributed by atoms with van der Waals surface area (Å²) in [7, 11) is 0. The normalized spacial score (nSPS) is 24.9. The van der Waals surface area contributed by atoms with Gasteiger partial charge < -0.3 is 9.64 Å². The molecule has 0 saturated carbocycles. The SMILES string of the molecule is CC(=O)OCC1=CS[C@H]2CC(=O)N2C1. The average Bonchev–Trinajstić information content (AvgIpc) is 2.14. The van der Waals surface area contributed by atoms with Crippen molar-refractivity contribution >= 4 is 23.6 Å². The molecular formula is C9H11NO3S. The van der Waals surface area contributed by atoms with Crippen LogP contribution in [0.5, 0.6) is 0 Å². The van der Waals surface area contributed by atoms with Crippen molar-refractivity contribution in [2.24, 2.45) is 0 Å². The maximum atomic E-state index is 11.1. The van der Waals surface area contributed by atoms with Gasteiger partial charge in [-0.3, -0.25) is 9.59 Å². The Labute approximate surface area is 86.3 Å². The molecule has 0 bridgehead atoms. The van der Waals surface area contributed by atoms with Crippen molar-refractivity contribution in [1.82, 2.24) is 4.90 Å². The summed E-state index contributed by atoms with van der Waals surface area (Å²) in [5.41, 5.74) is 0.995. The molecule has 0 aromatic rings. The molecule has 14 heavy (non-hydrogen) atoms. The van der Waals surface area contributed by atoms with Gasteiger partial charge in [0.15, 0.2) is 0 Å². The molecule has 2 rings (SSSR count). The zero-order valence-corrected chi connectivity index (χ0v) is 8.67. The molecule has 2 heterocycles. The van der Waals surface area contributed by atoms with Crippen LogP contribution in [-0.4, -0.2) is 35.3 Å². The van der Waals surface area contributed by atoms with Crippen LogP contribution in [0.2, 0.25) is 0 Å². The summed E-state index contributed by atoms with van der Waals surface area (Å²) >= 11 is 1.63. The molecular weight excluding hydrogens is 202 g/mol. The third-order valence-electron chi connectivity index (χ3n) is 2.24. The van der Waals surface area contributed by atoms with E-state index in [4.69, 9.17) is 4.74 Å². The van der Waals surface area contributed by atoms with Crippen molar-refractivity contribution in [1.29, 1.82) is 0 Å². The molecule has 2 aliphatic rings. The average molecular weight is 213 g/mol. The summed E-state index contributed by atoms with van der Waals surface area (Å²) < 4.78 is 4.87. The maximum absolute atomic E-state index is 11.1. The van der Waals surface area contributed by atoms with E-state index < -0.39 is 0 Å². The first-order chi connectivity index (χ1) is 6.66. The summed E-state index contributed by atoms with van der Waals surface area (Å²) in [6.07, 6.45) is 0.641. The predicted molar refractivity (Wildman–Crippen MR) is 52.4 cm³/mol. The second kappa shape index (κ2) is 3.65. The van der Waals surface area contributed by atoms with Gasteiger partial charge in [-0.25, -0.2) is 0 Å². The molecule has 1 amide bonds. The molecule has 0 aliphatic carbocycles. The monoisotopic (exact) mass is 213 g/mol. The predicted octanol–water partition coefficient (Wildman–Crippen LogP) is 0.739. The van der Waals surface area contributed by atoms with Crippen molar-refractivity contribution in [2.75, 3.05) is 13.2 Å². The number of carbonyl (C=O) groups is 2. The molecule has 0 N–H and O–H groups in total. The highest BCUT2D eigenvalue weighted by Gasteiger charge is 2.38. The Morgan fingerprint density at radius 1 is 1.79 bits per heavy atom. The Hall–Kier alpha value is -0.970. The number of thioether (sulfide) groups is 1. The number of esters is 1. The lowest BCUT2D eigenvalue weighted by Gasteiger charge is -2.42. The standard InChI is InChI=1S/C9H11NO3S/c1-6(11)13-4-7-3-10-8(12)2-9(10)14-5-7/h5,9H,2-4H2,1H3/t9-/m0/s1. The van der Waals surface area contributed by atoms with Gasteiger partial charge in [0, 0.05) is 13.5 Å². The van der Waals surface area contributed by atoms with Crippen LogP contribution < -0.4 is 0 Å². The number of amides is 1. The number of hydrogen-bond acceptors (Lipinski definition) is 4. The lowest BCUT2D eigenvalue weighted by atomic mass is 10.1. The van der Waals surface area contributed by atoms with Crippen molar-refractivity contribution in [3.63, 3.8) is 0 Å². The highest BCUT2D eigenvalue weighted by molar-refractivity contribution is 8.02. The van der Waals surface area contributed by atoms with Gasteiger partial charge in [0.05, 0.1) is 11.8 Å². The first kappa shape index (κ1) is 9.58. The van der Waals surface area contributed by atoms with E-state index >= 15 is 0 Å². The van der Waals surface area contributed by atoms with Crippen LogP contribution in [0.25, 0.3) is 0 Å².